The highest BCUT2D eigenvalue weighted by Crippen LogP contribution is 2.23. The summed E-state index contributed by atoms with van der Waals surface area (Å²) in [6.07, 6.45) is 0.147. The molecular formula is C14H11F2N5O. The van der Waals surface area contributed by atoms with Crippen LogP contribution in [-0.4, -0.2) is 30.3 Å². The zero-order valence-electron chi connectivity index (χ0n) is 11.3. The van der Waals surface area contributed by atoms with E-state index < -0.39 is 23.3 Å². The largest absolute Gasteiger partial charge is 0.386 e. The summed E-state index contributed by atoms with van der Waals surface area (Å²) in [6, 6.07) is 8.59. The average molecular weight is 303 g/mol. The van der Waals surface area contributed by atoms with Gasteiger partial charge in [-0.25, -0.2) is 13.5 Å². The third-order valence-electron chi connectivity index (χ3n) is 3.10. The second-order valence-corrected chi connectivity index (χ2v) is 4.55. The van der Waals surface area contributed by atoms with E-state index in [1.807, 2.05) is 0 Å². The van der Waals surface area contributed by atoms with Crippen LogP contribution in [0.2, 0.25) is 0 Å². The van der Waals surface area contributed by atoms with Crippen LogP contribution in [0.25, 0.3) is 11.5 Å². The van der Waals surface area contributed by atoms with Crippen LogP contribution >= 0.6 is 0 Å². The van der Waals surface area contributed by atoms with Crippen molar-refractivity contribution in [3.05, 3.63) is 59.8 Å². The molecule has 1 unspecified atom stereocenters. The normalized spacial score (nSPS) is 12.3. The maximum atomic E-state index is 13.7. The molecule has 0 aliphatic rings. The average Bonchev–Trinajstić information content (AvgIpc) is 2.96. The van der Waals surface area contributed by atoms with Gasteiger partial charge in [-0.15, -0.1) is 5.10 Å². The van der Waals surface area contributed by atoms with Crippen molar-refractivity contribution < 1.29 is 13.9 Å². The van der Waals surface area contributed by atoms with Crippen LogP contribution in [0.15, 0.2) is 42.6 Å². The van der Waals surface area contributed by atoms with E-state index in [0.29, 0.717) is 11.5 Å². The summed E-state index contributed by atoms with van der Waals surface area (Å²) >= 11 is 0. The molecule has 112 valence electrons. The zero-order valence-corrected chi connectivity index (χ0v) is 11.3. The summed E-state index contributed by atoms with van der Waals surface area (Å²) in [6.45, 7) is -0.198. The molecule has 0 radical (unpaired) electrons. The number of rotatable bonds is 4. The fraction of sp³-hybridized carbons (Fsp3) is 0.143. The van der Waals surface area contributed by atoms with Crippen molar-refractivity contribution >= 4 is 0 Å². The van der Waals surface area contributed by atoms with Gasteiger partial charge in [-0.05, 0) is 34.7 Å². The first-order chi connectivity index (χ1) is 10.7. The van der Waals surface area contributed by atoms with Gasteiger partial charge in [0.15, 0.2) is 0 Å². The molecule has 0 aliphatic carbocycles. The first-order valence-electron chi connectivity index (χ1n) is 6.46. The van der Waals surface area contributed by atoms with E-state index in [2.05, 4.69) is 20.5 Å². The van der Waals surface area contributed by atoms with Crippen LogP contribution in [0.5, 0.6) is 0 Å². The Morgan fingerprint density at radius 3 is 2.55 bits per heavy atom. The summed E-state index contributed by atoms with van der Waals surface area (Å²) in [5, 5.41) is 21.2. The van der Waals surface area contributed by atoms with Gasteiger partial charge in [-0.1, -0.05) is 12.1 Å². The lowest BCUT2D eigenvalue weighted by molar-refractivity contribution is 0.142. The lowest BCUT2D eigenvalue weighted by Gasteiger charge is -2.13. The molecule has 1 aromatic carbocycles. The molecule has 8 heteroatoms. The van der Waals surface area contributed by atoms with Crippen molar-refractivity contribution in [2.75, 3.05) is 0 Å². The van der Waals surface area contributed by atoms with E-state index in [9.17, 15) is 13.9 Å². The Morgan fingerprint density at radius 2 is 1.86 bits per heavy atom. The number of benzene rings is 1. The number of tetrazole rings is 1. The molecule has 0 bridgehead atoms. The molecule has 6 nitrogen and oxygen atoms in total. The molecule has 0 amide bonds. The van der Waals surface area contributed by atoms with Crippen molar-refractivity contribution in [2.24, 2.45) is 0 Å². The van der Waals surface area contributed by atoms with Gasteiger partial charge in [0.25, 0.3) is 0 Å². The smallest absolute Gasteiger partial charge is 0.200 e. The number of aromatic nitrogens is 5. The number of hydrogen-bond acceptors (Lipinski definition) is 5. The topological polar surface area (TPSA) is 76.7 Å². The third kappa shape index (κ3) is 2.68. The second-order valence-electron chi connectivity index (χ2n) is 4.55. The van der Waals surface area contributed by atoms with Gasteiger partial charge in [0.1, 0.15) is 23.4 Å². The van der Waals surface area contributed by atoms with E-state index in [1.54, 1.807) is 24.4 Å². The van der Waals surface area contributed by atoms with Crippen LogP contribution in [0.1, 0.15) is 11.7 Å². The van der Waals surface area contributed by atoms with Crippen LogP contribution in [-0.2, 0) is 6.54 Å². The minimum atomic E-state index is -1.42. The van der Waals surface area contributed by atoms with Crippen LogP contribution < -0.4 is 0 Å². The molecule has 0 saturated carbocycles. The van der Waals surface area contributed by atoms with Crippen molar-refractivity contribution in [1.82, 2.24) is 25.2 Å². The van der Waals surface area contributed by atoms with E-state index in [-0.39, 0.29) is 6.54 Å². The Bertz CT molecular complexity index is 758. The Morgan fingerprint density at radius 1 is 1.09 bits per heavy atom. The maximum absolute atomic E-state index is 13.7. The standard InChI is InChI=1S/C14H11F2N5O/c15-9-4-3-5-10(16)13(9)12(22)8-21-14(18-19-20-21)11-6-1-2-7-17-11/h1-7,12,22H,8H2. The van der Waals surface area contributed by atoms with Gasteiger partial charge < -0.3 is 5.11 Å². The number of nitrogens with zero attached hydrogens (tertiary/aromatic N) is 5. The summed E-state index contributed by atoms with van der Waals surface area (Å²) < 4.78 is 28.6. The molecule has 0 aliphatic heterocycles. The molecule has 1 atom stereocenters. The predicted octanol–water partition coefficient (Wildman–Crippen LogP) is 1.75. The fourth-order valence-electron chi connectivity index (χ4n) is 2.09. The molecule has 0 spiro atoms. The van der Waals surface area contributed by atoms with Gasteiger partial charge in [-0.2, -0.15) is 0 Å². The molecule has 3 aromatic rings. The molecule has 0 fully saturated rings. The molecule has 22 heavy (non-hydrogen) atoms. The monoisotopic (exact) mass is 303 g/mol. The quantitative estimate of drug-likeness (QED) is 0.794. The fourth-order valence-corrected chi connectivity index (χ4v) is 2.09. The summed E-state index contributed by atoms with van der Waals surface area (Å²) in [7, 11) is 0. The van der Waals surface area contributed by atoms with E-state index >= 15 is 0 Å². The molecule has 2 heterocycles. The maximum Gasteiger partial charge on any atom is 0.200 e. The first-order valence-corrected chi connectivity index (χ1v) is 6.46. The molecule has 0 saturated heterocycles. The highest BCUT2D eigenvalue weighted by Gasteiger charge is 2.21. The van der Waals surface area contributed by atoms with Crippen molar-refractivity contribution in [1.29, 1.82) is 0 Å². The molecular weight excluding hydrogens is 292 g/mol. The van der Waals surface area contributed by atoms with Gasteiger partial charge in [0.05, 0.1) is 12.1 Å². The number of aliphatic hydroxyl groups excluding tert-OH is 1. The van der Waals surface area contributed by atoms with Crippen LogP contribution in [0.4, 0.5) is 8.78 Å². The number of halogens is 2. The SMILES string of the molecule is OC(Cn1nnnc1-c1ccccn1)c1c(F)cccc1F. The van der Waals surface area contributed by atoms with E-state index in [0.717, 1.165) is 12.1 Å². The van der Waals surface area contributed by atoms with Gasteiger partial charge in [0.2, 0.25) is 5.82 Å². The van der Waals surface area contributed by atoms with Gasteiger partial charge in [0, 0.05) is 6.20 Å². The van der Waals surface area contributed by atoms with E-state index in [4.69, 9.17) is 0 Å². The Kier molecular flexibility index (Phi) is 3.84. The lowest BCUT2D eigenvalue weighted by atomic mass is 10.1. The molecule has 2 aromatic heterocycles. The highest BCUT2D eigenvalue weighted by molar-refractivity contribution is 5.47. The van der Waals surface area contributed by atoms with Crippen LogP contribution in [0.3, 0.4) is 0 Å². The van der Waals surface area contributed by atoms with E-state index in [1.165, 1.54) is 10.7 Å². The first kappa shape index (κ1) is 14.2. The third-order valence-corrected chi connectivity index (χ3v) is 3.10. The van der Waals surface area contributed by atoms with Gasteiger partial charge in [-0.3, -0.25) is 4.98 Å². The zero-order chi connectivity index (χ0) is 15.5. The molecule has 1 N–H and O–H groups in total. The van der Waals surface area contributed by atoms with Crippen molar-refractivity contribution in [2.45, 2.75) is 12.6 Å². The number of hydrogen-bond donors (Lipinski definition) is 1. The highest BCUT2D eigenvalue weighted by atomic mass is 19.1. The predicted molar refractivity (Wildman–Crippen MR) is 72.4 cm³/mol. The second kappa shape index (κ2) is 5.94. The van der Waals surface area contributed by atoms with Crippen molar-refractivity contribution in [3.63, 3.8) is 0 Å². The summed E-state index contributed by atoms with van der Waals surface area (Å²) in [4.78, 5) is 4.10. The summed E-state index contributed by atoms with van der Waals surface area (Å²) in [5.74, 6) is -1.34. The Hall–Kier alpha value is -2.74. The summed E-state index contributed by atoms with van der Waals surface area (Å²) in [5.41, 5.74) is 0.0821. The minimum absolute atomic E-state index is 0.198. The van der Waals surface area contributed by atoms with Gasteiger partial charge >= 0.3 is 0 Å². The Labute approximate surface area is 124 Å². The Balaban J connectivity index is 1.90. The van der Waals surface area contributed by atoms with Crippen LogP contribution in [0, 0.1) is 11.6 Å². The number of pyridine rings is 1. The number of aliphatic hydroxyl groups is 1. The van der Waals surface area contributed by atoms with Crippen molar-refractivity contribution in [3.8, 4) is 11.5 Å². The minimum Gasteiger partial charge on any atom is -0.386 e. The molecule has 3 rings (SSSR count). The lowest BCUT2D eigenvalue weighted by Crippen LogP contribution is -2.14.